The van der Waals surface area contributed by atoms with Crippen molar-refractivity contribution in [3.63, 3.8) is 0 Å². The van der Waals surface area contributed by atoms with Gasteiger partial charge in [-0.15, -0.1) is 0 Å². The van der Waals surface area contributed by atoms with Crippen LogP contribution in [0.4, 0.5) is 13.2 Å². The molecule has 1 aliphatic rings. The Kier molecular flexibility index (Phi) is 8.84. The normalized spacial score (nSPS) is 17.4. The Bertz CT molecular complexity index is 730. The maximum absolute atomic E-state index is 12.8. The molecule has 0 saturated carbocycles. The Labute approximate surface area is 172 Å². The molecule has 4 nitrogen and oxygen atoms in total. The number of nitrogens with zero attached hydrogens (tertiary/aromatic N) is 3. The van der Waals surface area contributed by atoms with Crippen LogP contribution in [0.5, 0.6) is 0 Å². The maximum atomic E-state index is 12.8. The molecule has 0 radical (unpaired) electrons. The minimum Gasteiger partial charge on any atom is -0.356 e. The lowest BCUT2D eigenvalue weighted by Crippen LogP contribution is -2.41. The van der Waals surface area contributed by atoms with Crippen molar-refractivity contribution in [2.45, 2.75) is 33.4 Å². The van der Waals surface area contributed by atoms with Crippen LogP contribution in [0, 0.1) is 17.8 Å². The summed E-state index contributed by atoms with van der Waals surface area (Å²) in [5, 5.41) is 3.30. The van der Waals surface area contributed by atoms with Crippen molar-refractivity contribution in [2.24, 2.45) is 10.9 Å². The highest BCUT2D eigenvalue weighted by atomic mass is 19.4. The summed E-state index contributed by atoms with van der Waals surface area (Å²) in [4.78, 5) is 9.25. The van der Waals surface area contributed by atoms with Crippen LogP contribution >= 0.6 is 0 Å². The topological polar surface area (TPSA) is 30.9 Å². The Balaban J connectivity index is 1.98. The van der Waals surface area contributed by atoms with Crippen LogP contribution in [-0.4, -0.2) is 61.6 Å². The molecule has 1 aromatic rings. The highest BCUT2D eigenvalue weighted by Gasteiger charge is 2.30. The molecule has 0 amide bonds. The van der Waals surface area contributed by atoms with E-state index in [-0.39, 0.29) is 6.54 Å². The summed E-state index contributed by atoms with van der Waals surface area (Å²) in [6.45, 7) is 12.5. The lowest BCUT2D eigenvalue weighted by atomic mass is 10.1. The number of hydrogen-bond donors (Lipinski definition) is 1. The van der Waals surface area contributed by atoms with Crippen molar-refractivity contribution in [3.05, 3.63) is 35.4 Å². The summed E-state index contributed by atoms with van der Waals surface area (Å²) >= 11 is 0. The van der Waals surface area contributed by atoms with Gasteiger partial charge in [0.15, 0.2) is 5.96 Å². The van der Waals surface area contributed by atoms with Gasteiger partial charge in [0.1, 0.15) is 6.54 Å². The molecule has 1 aromatic carbocycles. The lowest BCUT2D eigenvalue weighted by molar-refractivity contribution is -0.137. The van der Waals surface area contributed by atoms with Gasteiger partial charge >= 0.3 is 6.18 Å². The second kappa shape index (κ2) is 11.1. The molecule has 29 heavy (non-hydrogen) atoms. The zero-order valence-electron chi connectivity index (χ0n) is 17.5. The van der Waals surface area contributed by atoms with Crippen molar-refractivity contribution >= 4 is 5.96 Å². The van der Waals surface area contributed by atoms with Gasteiger partial charge in [-0.05, 0) is 50.6 Å². The number of halogens is 3. The first-order valence-electron chi connectivity index (χ1n) is 10.3. The fraction of sp³-hybridized carbons (Fsp3) is 0.591. The van der Waals surface area contributed by atoms with E-state index in [0.29, 0.717) is 11.5 Å². The van der Waals surface area contributed by atoms with Crippen LogP contribution in [0.15, 0.2) is 29.3 Å². The third-order valence-corrected chi connectivity index (χ3v) is 5.06. The number of hydrogen-bond acceptors (Lipinski definition) is 2. The largest absolute Gasteiger partial charge is 0.416 e. The smallest absolute Gasteiger partial charge is 0.356 e. The number of alkyl halides is 3. The van der Waals surface area contributed by atoms with E-state index in [1.807, 2.05) is 6.92 Å². The number of rotatable bonds is 6. The minimum absolute atomic E-state index is 0.246. The van der Waals surface area contributed by atoms with Gasteiger partial charge in [-0.3, -0.25) is 0 Å². The first-order chi connectivity index (χ1) is 13.9. The SMILES string of the molecule is CCNC(=NCC#Cc1cccc(C(F)(F)F)c1)N1CCC(CN(CC)CC)C1. The van der Waals surface area contributed by atoms with E-state index < -0.39 is 11.7 Å². The maximum Gasteiger partial charge on any atom is 0.416 e. The van der Waals surface area contributed by atoms with E-state index in [4.69, 9.17) is 0 Å². The predicted molar refractivity (Wildman–Crippen MR) is 112 cm³/mol. The molecular weight excluding hydrogens is 377 g/mol. The molecule has 0 spiro atoms. The summed E-state index contributed by atoms with van der Waals surface area (Å²) in [5.41, 5.74) is -0.335. The second-order valence-electron chi connectivity index (χ2n) is 7.14. The van der Waals surface area contributed by atoms with E-state index >= 15 is 0 Å². The molecule has 1 saturated heterocycles. The number of nitrogens with one attached hydrogen (secondary N) is 1. The van der Waals surface area contributed by atoms with Crippen LogP contribution < -0.4 is 5.32 Å². The van der Waals surface area contributed by atoms with Gasteiger partial charge < -0.3 is 15.1 Å². The summed E-state index contributed by atoms with van der Waals surface area (Å²) in [5.74, 6) is 7.11. The molecule has 1 fully saturated rings. The fourth-order valence-corrected chi connectivity index (χ4v) is 3.48. The van der Waals surface area contributed by atoms with Gasteiger partial charge in [-0.2, -0.15) is 13.2 Å². The molecule has 1 atom stereocenters. The molecule has 1 heterocycles. The molecule has 0 aromatic heterocycles. The molecular formula is C22H31F3N4. The Hall–Kier alpha value is -2.20. The number of guanidine groups is 1. The third kappa shape index (κ3) is 7.28. The molecule has 160 valence electrons. The third-order valence-electron chi connectivity index (χ3n) is 5.06. The average Bonchev–Trinajstić information content (AvgIpc) is 3.16. The zero-order valence-corrected chi connectivity index (χ0v) is 17.5. The van der Waals surface area contributed by atoms with E-state index in [1.54, 1.807) is 6.07 Å². The summed E-state index contributed by atoms with van der Waals surface area (Å²) in [6.07, 6.45) is -3.22. The molecule has 1 unspecified atom stereocenters. The Morgan fingerprint density at radius 1 is 1.28 bits per heavy atom. The van der Waals surface area contributed by atoms with E-state index in [2.05, 4.69) is 45.8 Å². The lowest BCUT2D eigenvalue weighted by Gasteiger charge is -2.24. The first-order valence-corrected chi connectivity index (χ1v) is 10.3. The van der Waals surface area contributed by atoms with Gasteiger partial charge in [0.05, 0.1) is 5.56 Å². The van der Waals surface area contributed by atoms with Crippen molar-refractivity contribution in [3.8, 4) is 11.8 Å². The molecule has 0 bridgehead atoms. The minimum atomic E-state index is -4.36. The quantitative estimate of drug-likeness (QED) is 0.443. The highest BCUT2D eigenvalue weighted by Crippen LogP contribution is 2.29. The number of aliphatic imine (C=N–C) groups is 1. The van der Waals surface area contributed by atoms with E-state index in [9.17, 15) is 13.2 Å². The van der Waals surface area contributed by atoms with Gasteiger partial charge in [0.25, 0.3) is 0 Å². The van der Waals surface area contributed by atoms with Crippen LogP contribution in [0.3, 0.4) is 0 Å². The van der Waals surface area contributed by atoms with Crippen molar-refractivity contribution in [2.75, 3.05) is 45.8 Å². The second-order valence-corrected chi connectivity index (χ2v) is 7.14. The molecule has 0 aliphatic carbocycles. The van der Waals surface area contributed by atoms with Crippen LogP contribution in [0.1, 0.15) is 38.3 Å². The van der Waals surface area contributed by atoms with Gasteiger partial charge in [-0.25, -0.2) is 4.99 Å². The van der Waals surface area contributed by atoms with Crippen LogP contribution in [0.2, 0.25) is 0 Å². The fourth-order valence-electron chi connectivity index (χ4n) is 3.48. The standard InChI is InChI=1S/C22H31F3N4/c1-4-26-21(29-14-12-19(17-29)16-28(5-2)6-3)27-13-8-10-18-9-7-11-20(15-18)22(23,24)25/h7,9,11,15,19H,4-6,12-14,16-17H2,1-3H3,(H,26,27). The van der Waals surface area contributed by atoms with Crippen molar-refractivity contribution < 1.29 is 13.2 Å². The van der Waals surface area contributed by atoms with Crippen LogP contribution in [-0.2, 0) is 6.18 Å². The van der Waals surface area contributed by atoms with E-state index in [0.717, 1.165) is 63.8 Å². The monoisotopic (exact) mass is 408 g/mol. The van der Waals surface area contributed by atoms with Crippen molar-refractivity contribution in [1.29, 1.82) is 0 Å². The Morgan fingerprint density at radius 2 is 2.03 bits per heavy atom. The van der Waals surface area contributed by atoms with Crippen LogP contribution in [0.25, 0.3) is 0 Å². The average molecular weight is 409 g/mol. The van der Waals surface area contributed by atoms with Gasteiger partial charge in [0.2, 0.25) is 0 Å². The zero-order chi connectivity index (χ0) is 21.3. The van der Waals surface area contributed by atoms with E-state index in [1.165, 1.54) is 6.07 Å². The van der Waals surface area contributed by atoms with Gasteiger partial charge in [-0.1, -0.05) is 31.8 Å². The number of benzene rings is 1. The molecule has 1 N–H and O–H groups in total. The summed E-state index contributed by atoms with van der Waals surface area (Å²) in [6, 6.07) is 5.07. The number of likely N-dealkylation sites (tertiary alicyclic amines) is 1. The van der Waals surface area contributed by atoms with Crippen molar-refractivity contribution in [1.82, 2.24) is 15.1 Å². The molecule has 7 heteroatoms. The molecule has 2 rings (SSSR count). The first kappa shape index (κ1) is 23.1. The molecule has 1 aliphatic heterocycles. The summed E-state index contributed by atoms with van der Waals surface area (Å²) < 4.78 is 38.4. The Morgan fingerprint density at radius 3 is 2.69 bits per heavy atom. The summed E-state index contributed by atoms with van der Waals surface area (Å²) in [7, 11) is 0. The highest BCUT2D eigenvalue weighted by molar-refractivity contribution is 5.80. The predicted octanol–water partition coefficient (Wildman–Crippen LogP) is 3.69. The van der Waals surface area contributed by atoms with Gasteiger partial charge in [0, 0.05) is 31.7 Å².